The van der Waals surface area contributed by atoms with E-state index in [0.29, 0.717) is 17.9 Å². The fourth-order valence-electron chi connectivity index (χ4n) is 2.09. The fraction of sp³-hybridized carbons (Fsp3) is 0.278. The Bertz CT molecular complexity index is 1300. The Balaban J connectivity index is 0.000000401. The highest BCUT2D eigenvalue weighted by atomic mass is 32.3. The van der Waals surface area contributed by atoms with Gasteiger partial charge in [0.1, 0.15) is 0 Å². The number of benzene rings is 1. The molecule has 0 aliphatic carbocycles. The second kappa shape index (κ2) is 12.6. The lowest BCUT2D eigenvalue weighted by Crippen LogP contribution is -2.39. The van der Waals surface area contributed by atoms with E-state index in [2.05, 4.69) is 10.3 Å². The zero-order valence-electron chi connectivity index (χ0n) is 18.3. The number of rotatable bonds is 7. The summed E-state index contributed by atoms with van der Waals surface area (Å²) >= 11 is 0. The molecule has 0 saturated carbocycles. The molecule has 0 atom stereocenters. The van der Waals surface area contributed by atoms with E-state index in [1.54, 1.807) is 24.3 Å². The molecule has 2 aromatic rings. The monoisotopic (exact) mass is 578 g/mol. The van der Waals surface area contributed by atoms with Gasteiger partial charge in [0.2, 0.25) is 6.08 Å². The summed E-state index contributed by atoms with van der Waals surface area (Å²) in [6, 6.07) is 12.3. The van der Waals surface area contributed by atoms with E-state index >= 15 is 0 Å². The van der Waals surface area contributed by atoms with Gasteiger partial charge in [0.05, 0.1) is 5.69 Å². The minimum atomic E-state index is -6.72. The van der Waals surface area contributed by atoms with Crippen LogP contribution in [-0.4, -0.2) is 46.6 Å². The number of carbonyl (C=O) groups is 1. The lowest BCUT2D eigenvalue weighted by Gasteiger charge is -2.22. The van der Waals surface area contributed by atoms with Crippen molar-refractivity contribution in [3.63, 3.8) is 0 Å². The number of alkyl halides is 6. The number of carbonyl (C=O) groups excluding carboxylic acids is 2. The SMILES string of the molecule is Cc1cccc[n+]1CCOC(=O)Nc1ccc(N=C=O)cc1.O=S(=O)([N-]S(=O)(=O)C(F)(F)F)C(F)(F)F. The number of hydrogen-bond donors (Lipinski definition) is 1. The molecule has 1 amide bonds. The molecule has 0 fully saturated rings. The van der Waals surface area contributed by atoms with Gasteiger partial charge in [-0.3, -0.25) is 5.32 Å². The average molecular weight is 578 g/mol. The molecule has 0 saturated heterocycles. The van der Waals surface area contributed by atoms with E-state index in [9.17, 15) is 52.8 Å². The Morgan fingerprint density at radius 2 is 1.54 bits per heavy atom. The molecule has 1 N–H and O–H groups in total. The van der Waals surface area contributed by atoms with E-state index in [1.165, 1.54) is 6.08 Å². The average Bonchev–Trinajstić information content (AvgIpc) is 2.75. The lowest BCUT2D eigenvalue weighted by molar-refractivity contribution is -0.703. The van der Waals surface area contributed by atoms with Crippen molar-refractivity contribution in [1.82, 2.24) is 0 Å². The molecule has 0 radical (unpaired) electrons. The zero-order valence-corrected chi connectivity index (χ0v) is 19.9. The summed E-state index contributed by atoms with van der Waals surface area (Å²) in [7, 11) is -13.4. The summed E-state index contributed by atoms with van der Waals surface area (Å²) in [5.41, 5.74) is -10.3. The van der Waals surface area contributed by atoms with E-state index in [0.717, 1.165) is 9.82 Å². The Labute approximate surface area is 205 Å². The van der Waals surface area contributed by atoms with Crippen LogP contribution < -0.4 is 9.88 Å². The van der Waals surface area contributed by atoms with Gasteiger partial charge < -0.3 is 8.86 Å². The van der Waals surface area contributed by atoms with Crippen LogP contribution in [0.1, 0.15) is 5.69 Å². The third-order valence-electron chi connectivity index (χ3n) is 3.80. The highest BCUT2D eigenvalue weighted by Gasteiger charge is 2.46. The third-order valence-corrected chi connectivity index (χ3v) is 6.54. The number of pyridine rings is 1. The fourth-order valence-corrected chi connectivity index (χ4v) is 3.80. The molecule has 1 heterocycles. The molecule has 1 aromatic heterocycles. The van der Waals surface area contributed by atoms with Crippen LogP contribution >= 0.6 is 0 Å². The molecule has 37 heavy (non-hydrogen) atoms. The first kappa shape index (κ1) is 31.5. The molecule has 0 spiro atoms. The molecule has 0 unspecified atom stereocenters. The number of nitrogens with one attached hydrogen (secondary N) is 1. The van der Waals surface area contributed by atoms with E-state index in [1.807, 2.05) is 35.9 Å². The van der Waals surface area contributed by atoms with Gasteiger partial charge >= 0.3 is 17.1 Å². The van der Waals surface area contributed by atoms with Gasteiger partial charge in [0.25, 0.3) is 0 Å². The Hall–Kier alpha value is -3.54. The van der Waals surface area contributed by atoms with Crippen LogP contribution in [0.5, 0.6) is 0 Å². The first-order valence-electron chi connectivity index (χ1n) is 9.33. The third kappa shape index (κ3) is 10.2. The number of aromatic nitrogens is 1. The number of halogens is 6. The molecule has 0 aliphatic heterocycles. The molecular formula is C18H16F6N4O7S2. The minimum absolute atomic E-state index is 0.273. The van der Waals surface area contributed by atoms with Crippen LogP contribution in [0, 0.1) is 6.92 Å². The van der Waals surface area contributed by atoms with E-state index in [4.69, 9.17) is 4.74 Å². The summed E-state index contributed by atoms with van der Waals surface area (Å²) in [6.45, 7) is 2.85. The molecule has 0 aliphatic rings. The highest BCUT2D eigenvalue weighted by molar-refractivity contribution is 8.13. The molecule has 2 rings (SSSR count). The normalized spacial score (nSPS) is 12.0. The zero-order chi connectivity index (χ0) is 28.5. The predicted octanol–water partition coefficient (Wildman–Crippen LogP) is 3.56. The van der Waals surface area contributed by atoms with Gasteiger partial charge in [-0.25, -0.2) is 26.4 Å². The van der Waals surface area contributed by atoms with Gasteiger partial charge in [0, 0.05) is 24.7 Å². The summed E-state index contributed by atoms with van der Waals surface area (Å²) < 4.78 is 116. The van der Waals surface area contributed by atoms with E-state index in [-0.39, 0.29) is 6.61 Å². The Morgan fingerprint density at radius 1 is 1.00 bits per heavy atom. The number of aliphatic imine (C=N–C) groups is 1. The quantitative estimate of drug-likeness (QED) is 0.228. The summed E-state index contributed by atoms with van der Waals surface area (Å²) in [4.78, 5) is 25.2. The second-order valence-electron chi connectivity index (χ2n) is 6.46. The van der Waals surface area contributed by atoms with Crippen molar-refractivity contribution in [2.24, 2.45) is 4.99 Å². The number of anilines is 1. The van der Waals surface area contributed by atoms with Crippen molar-refractivity contribution in [3.05, 3.63) is 58.5 Å². The van der Waals surface area contributed by atoms with Gasteiger partial charge in [-0.05, 0) is 24.3 Å². The van der Waals surface area contributed by atoms with Crippen LogP contribution in [-0.2, 0) is 36.1 Å². The van der Waals surface area contributed by atoms with Crippen molar-refractivity contribution < 1.29 is 62.1 Å². The number of isocyanates is 1. The molecule has 204 valence electrons. The Morgan fingerprint density at radius 3 is 2.00 bits per heavy atom. The van der Waals surface area contributed by atoms with E-state index < -0.39 is 37.2 Å². The number of sulfonamides is 2. The molecule has 11 nitrogen and oxygen atoms in total. The maximum Gasteiger partial charge on any atom is 0.480 e. The topological polar surface area (TPSA) is 154 Å². The van der Waals surface area contributed by atoms with Crippen molar-refractivity contribution in [3.8, 4) is 0 Å². The van der Waals surface area contributed by atoms with Gasteiger partial charge in [-0.1, -0.05) is 6.07 Å². The first-order chi connectivity index (χ1) is 16.9. The van der Waals surface area contributed by atoms with Gasteiger partial charge in [0.15, 0.2) is 45.1 Å². The molecular weight excluding hydrogens is 562 g/mol. The molecule has 0 bridgehead atoms. The smallest absolute Gasteiger partial charge is 0.443 e. The largest absolute Gasteiger partial charge is 0.480 e. The first-order valence-corrected chi connectivity index (χ1v) is 12.2. The lowest BCUT2D eigenvalue weighted by atomic mass is 10.3. The van der Waals surface area contributed by atoms with Crippen LogP contribution in [0.25, 0.3) is 4.13 Å². The van der Waals surface area contributed by atoms with Crippen molar-refractivity contribution in [1.29, 1.82) is 0 Å². The van der Waals surface area contributed by atoms with Crippen LogP contribution in [0.15, 0.2) is 53.7 Å². The number of nitrogens with zero attached hydrogens (tertiary/aromatic N) is 3. The van der Waals surface area contributed by atoms with Crippen LogP contribution in [0.2, 0.25) is 0 Å². The summed E-state index contributed by atoms with van der Waals surface area (Å²) in [5.74, 6) is 0. The second-order valence-corrected chi connectivity index (χ2v) is 9.88. The number of aryl methyl sites for hydroxylation is 1. The number of ether oxygens (including phenoxy) is 1. The predicted molar refractivity (Wildman–Crippen MR) is 114 cm³/mol. The maximum atomic E-state index is 11.7. The van der Waals surface area contributed by atoms with Crippen molar-refractivity contribution >= 4 is 43.6 Å². The van der Waals surface area contributed by atoms with Crippen LogP contribution in [0.4, 0.5) is 42.5 Å². The number of hydrogen-bond acceptors (Lipinski definition) is 8. The van der Waals surface area contributed by atoms with Gasteiger partial charge in [-0.15, -0.1) is 0 Å². The maximum absolute atomic E-state index is 11.7. The van der Waals surface area contributed by atoms with Crippen LogP contribution in [0.3, 0.4) is 0 Å². The number of amides is 1. The standard InChI is InChI=1S/C16H15N3O3.C2F6NO4S2/c1-13-4-2-3-9-19(13)10-11-22-16(21)18-15-7-5-14(6-8-15)17-12-20;3-1(4,5)14(10,11)9-15(12,13)2(6,7)8/h2-9H,10-11H2,1H3;/q;-1/p+1. The highest BCUT2D eigenvalue weighted by Crippen LogP contribution is 2.36. The summed E-state index contributed by atoms with van der Waals surface area (Å²) in [5, 5.41) is 2.60. The molecule has 1 aromatic carbocycles. The molecule has 19 heteroatoms. The van der Waals surface area contributed by atoms with Crippen molar-refractivity contribution in [2.45, 2.75) is 24.5 Å². The minimum Gasteiger partial charge on any atom is -0.443 e. The van der Waals surface area contributed by atoms with Crippen molar-refractivity contribution in [2.75, 3.05) is 11.9 Å². The Kier molecular flexibility index (Phi) is 10.7. The summed E-state index contributed by atoms with van der Waals surface area (Å²) in [6.07, 6.45) is 2.86. The van der Waals surface area contributed by atoms with Gasteiger partial charge in [-0.2, -0.15) is 35.9 Å².